The van der Waals surface area contributed by atoms with Gasteiger partial charge in [-0.3, -0.25) is 9.59 Å². The van der Waals surface area contributed by atoms with Crippen molar-refractivity contribution in [1.82, 2.24) is 0 Å². The van der Waals surface area contributed by atoms with E-state index in [1.807, 2.05) is 0 Å². The first-order valence-corrected chi connectivity index (χ1v) is 11.2. The van der Waals surface area contributed by atoms with E-state index >= 15 is 0 Å². The summed E-state index contributed by atoms with van der Waals surface area (Å²) in [5, 5.41) is 0. The van der Waals surface area contributed by atoms with Crippen LogP contribution in [0.2, 0.25) is 0 Å². The minimum absolute atomic E-state index is 0.157. The number of Topliss-reactive ketones (excluding diaryl/α,β-unsaturated/α-hetero) is 2. The van der Waals surface area contributed by atoms with Crippen molar-refractivity contribution >= 4 is 11.6 Å². The van der Waals surface area contributed by atoms with Gasteiger partial charge in [0.05, 0.1) is 6.42 Å². The van der Waals surface area contributed by atoms with Crippen LogP contribution in [-0.4, -0.2) is 11.6 Å². The number of unbranched alkanes of at least 4 members (excludes halogenated alkanes) is 14. The molecule has 0 aliphatic heterocycles. The van der Waals surface area contributed by atoms with Gasteiger partial charge < -0.3 is 0 Å². The number of carbonyl (C=O) groups excluding carboxylic acids is 2. The normalized spacial score (nSPS) is 11.0. The first-order chi connectivity index (χ1) is 12.2. The molecule has 0 saturated carbocycles. The van der Waals surface area contributed by atoms with Crippen molar-refractivity contribution < 1.29 is 9.59 Å². The molecule has 0 N–H and O–H groups in total. The molecule has 25 heavy (non-hydrogen) atoms. The Hall–Kier alpha value is -0.660. The predicted octanol–water partition coefficient (Wildman–Crippen LogP) is 7.58. The number of hydrogen-bond acceptors (Lipinski definition) is 2. The predicted molar refractivity (Wildman–Crippen MR) is 109 cm³/mol. The first-order valence-electron chi connectivity index (χ1n) is 11.2. The summed E-state index contributed by atoms with van der Waals surface area (Å²) in [5.74, 6) is 0.319. The molecule has 0 aromatic heterocycles. The summed E-state index contributed by atoms with van der Waals surface area (Å²) >= 11 is 0. The summed E-state index contributed by atoms with van der Waals surface area (Å²) in [7, 11) is 0. The fourth-order valence-corrected chi connectivity index (χ4v) is 3.31. The summed E-state index contributed by atoms with van der Waals surface area (Å²) in [4.78, 5) is 23.6. The van der Waals surface area contributed by atoms with E-state index in [2.05, 4.69) is 13.8 Å². The van der Waals surface area contributed by atoms with E-state index in [1.54, 1.807) is 0 Å². The molecule has 0 aliphatic rings. The molecule has 0 amide bonds. The zero-order valence-electron chi connectivity index (χ0n) is 17.3. The van der Waals surface area contributed by atoms with Crippen LogP contribution in [0, 0.1) is 0 Å². The van der Waals surface area contributed by atoms with Gasteiger partial charge in [-0.25, -0.2) is 0 Å². The van der Waals surface area contributed by atoms with Crippen LogP contribution >= 0.6 is 0 Å². The lowest BCUT2D eigenvalue weighted by Gasteiger charge is -2.03. The Bertz CT molecular complexity index is 309. The summed E-state index contributed by atoms with van der Waals surface area (Å²) in [5.41, 5.74) is 0. The fourth-order valence-electron chi connectivity index (χ4n) is 3.31. The highest BCUT2D eigenvalue weighted by molar-refractivity contribution is 5.98. The van der Waals surface area contributed by atoms with E-state index in [9.17, 15) is 9.59 Å². The van der Waals surface area contributed by atoms with Crippen LogP contribution in [0.5, 0.6) is 0 Å². The lowest BCUT2D eigenvalue weighted by Crippen LogP contribution is -2.07. The number of rotatable bonds is 20. The number of ketones is 2. The highest BCUT2D eigenvalue weighted by Gasteiger charge is 2.09. The zero-order chi connectivity index (χ0) is 18.6. The number of hydrogen-bond donors (Lipinski definition) is 0. The topological polar surface area (TPSA) is 34.1 Å². The molecule has 0 fully saturated rings. The smallest absolute Gasteiger partial charge is 0.140 e. The Morgan fingerprint density at radius 1 is 0.440 bits per heavy atom. The summed E-state index contributed by atoms with van der Waals surface area (Å²) in [6.45, 7) is 4.45. The van der Waals surface area contributed by atoms with Crippen LogP contribution in [0.4, 0.5) is 0 Å². The molecule has 0 aromatic carbocycles. The maximum Gasteiger partial charge on any atom is 0.140 e. The van der Waals surface area contributed by atoms with Crippen molar-refractivity contribution in [3.63, 3.8) is 0 Å². The minimum atomic E-state index is 0.157. The van der Waals surface area contributed by atoms with Gasteiger partial charge in [0.15, 0.2) is 0 Å². The lowest BCUT2D eigenvalue weighted by atomic mass is 10.0. The van der Waals surface area contributed by atoms with Crippen LogP contribution in [0.25, 0.3) is 0 Å². The van der Waals surface area contributed by atoms with E-state index in [1.165, 1.54) is 77.0 Å². The second-order valence-electron chi connectivity index (χ2n) is 7.70. The third kappa shape index (κ3) is 19.5. The Morgan fingerprint density at radius 2 is 0.720 bits per heavy atom. The summed E-state index contributed by atoms with van der Waals surface area (Å²) in [6, 6.07) is 0. The molecule has 2 nitrogen and oxygen atoms in total. The number of carbonyl (C=O) groups is 2. The van der Waals surface area contributed by atoms with Crippen molar-refractivity contribution in [2.45, 2.75) is 136 Å². The molecule has 0 radical (unpaired) electrons. The van der Waals surface area contributed by atoms with Gasteiger partial charge in [-0.1, -0.05) is 104 Å². The standard InChI is InChI=1S/C23H44O2/c1-3-5-7-9-10-11-12-13-14-16-18-20-23(25)21-22(24)19-17-15-8-6-4-2/h3-21H2,1-2H3. The largest absolute Gasteiger partial charge is 0.299 e. The lowest BCUT2D eigenvalue weighted by molar-refractivity contribution is -0.127. The molecule has 0 aromatic rings. The molecule has 0 saturated heterocycles. The van der Waals surface area contributed by atoms with Crippen molar-refractivity contribution in [3.8, 4) is 0 Å². The van der Waals surface area contributed by atoms with E-state index in [4.69, 9.17) is 0 Å². The van der Waals surface area contributed by atoms with Gasteiger partial charge in [-0.05, 0) is 12.8 Å². The van der Waals surface area contributed by atoms with Crippen molar-refractivity contribution in [2.75, 3.05) is 0 Å². The van der Waals surface area contributed by atoms with Gasteiger partial charge in [0.1, 0.15) is 11.6 Å². The van der Waals surface area contributed by atoms with Gasteiger partial charge in [-0.15, -0.1) is 0 Å². The zero-order valence-corrected chi connectivity index (χ0v) is 17.3. The second-order valence-corrected chi connectivity index (χ2v) is 7.70. The van der Waals surface area contributed by atoms with Crippen LogP contribution in [-0.2, 0) is 9.59 Å². The third-order valence-electron chi connectivity index (χ3n) is 5.01. The maximum atomic E-state index is 11.8. The van der Waals surface area contributed by atoms with Crippen LogP contribution in [0.15, 0.2) is 0 Å². The molecule has 2 heteroatoms. The van der Waals surface area contributed by atoms with Gasteiger partial charge in [0, 0.05) is 12.8 Å². The minimum Gasteiger partial charge on any atom is -0.299 e. The van der Waals surface area contributed by atoms with Gasteiger partial charge in [0.2, 0.25) is 0 Å². The van der Waals surface area contributed by atoms with Crippen molar-refractivity contribution in [3.05, 3.63) is 0 Å². The van der Waals surface area contributed by atoms with E-state index in [0.717, 1.165) is 25.7 Å². The fraction of sp³-hybridized carbons (Fsp3) is 0.913. The second kappa shape index (κ2) is 19.7. The van der Waals surface area contributed by atoms with Gasteiger partial charge >= 0.3 is 0 Å². The molecule has 0 atom stereocenters. The highest BCUT2D eigenvalue weighted by atomic mass is 16.1. The van der Waals surface area contributed by atoms with E-state index in [-0.39, 0.29) is 18.0 Å². The van der Waals surface area contributed by atoms with Crippen LogP contribution in [0.3, 0.4) is 0 Å². The summed E-state index contributed by atoms with van der Waals surface area (Å²) < 4.78 is 0. The Morgan fingerprint density at radius 3 is 1.04 bits per heavy atom. The molecule has 0 rings (SSSR count). The van der Waals surface area contributed by atoms with E-state index in [0.29, 0.717) is 12.8 Å². The Kier molecular flexibility index (Phi) is 19.1. The van der Waals surface area contributed by atoms with Gasteiger partial charge in [-0.2, -0.15) is 0 Å². The van der Waals surface area contributed by atoms with Crippen molar-refractivity contribution in [2.24, 2.45) is 0 Å². The Balaban J connectivity index is 3.30. The van der Waals surface area contributed by atoms with Crippen molar-refractivity contribution in [1.29, 1.82) is 0 Å². The first kappa shape index (κ1) is 24.3. The highest BCUT2D eigenvalue weighted by Crippen LogP contribution is 2.13. The maximum absolute atomic E-state index is 11.8. The SMILES string of the molecule is CCCCCCCCCCCCCC(=O)CC(=O)CCCCCCC. The van der Waals surface area contributed by atoms with E-state index < -0.39 is 0 Å². The average Bonchev–Trinajstić information content (AvgIpc) is 2.59. The molecule has 0 heterocycles. The molecule has 0 bridgehead atoms. The van der Waals surface area contributed by atoms with Gasteiger partial charge in [0.25, 0.3) is 0 Å². The molecular formula is C23H44O2. The molecule has 0 unspecified atom stereocenters. The Labute approximate surface area is 157 Å². The molecule has 0 aliphatic carbocycles. The third-order valence-corrected chi connectivity index (χ3v) is 5.01. The average molecular weight is 353 g/mol. The van der Waals surface area contributed by atoms with Crippen LogP contribution in [0.1, 0.15) is 136 Å². The quantitative estimate of drug-likeness (QED) is 0.167. The summed E-state index contributed by atoms with van der Waals surface area (Å²) in [6.07, 6.45) is 21.5. The molecule has 148 valence electrons. The molecular weight excluding hydrogens is 308 g/mol. The molecule has 0 spiro atoms. The van der Waals surface area contributed by atoms with Crippen LogP contribution < -0.4 is 0 Å². The monoisotopic (exact) mass is 352 g/mol.